The fourth-order valence-corrected chi connectivity index (χ4v) is 4.34. The Labute approximate surface area is 206 Å². The van der Waals surface area contributed by atoms with Gasteiger partial charge in [-0.25, -0.2) is 15.4 Å². The minimum absolute atomic E-state index is 0.303. The Morgan fingerprint density at radius 3 is 2.51 bits per heavy atom. The fourth-order valence-electron chi connectivity index (χ4n) is 4.21. The fraction of sp³-hybridized carbons (Fsp3) is 0.308. The summed E-state index contributed by atoms with van der Waals surface area (Å²) in [7, 11) is 0. The predicted molar refractivity (Wildman–Crippen MR) is 130 cm³/mol. The van der Waals surface area contributed by atoms with E-state index < -0.39 is 42.9 Å². The number of rotatable bonds is 5. The van der Waals surface area contributed by atoms with Gasteiger partial charge in [0.1, 0.15) is 12.5 Å². The van der Waals surface area contributed by atoms with E-state index in [1.807, 2.05) is 24.3 Å². The first-order valence-electron chi connectivity index (χ1n) is 11.1. The summed E-state index contributed by atoms with van der Waals surface area (Å²) >= 11 is 5.99. The van der Waals surface area contributed by atoms with Crippen LogP contribution in [0.25, 0.3) is 26.9 Å². The highest BCUT2D eigenvalue weighted by Crippen LogP contribution is 2.33. The van der Waals surface area contributed by atoms with E-state index in [9.17, 15) is 18.4 Å². The van der Waals surface area contributed by atoms with Gasteiger partial charge in [0.15, 0.2) is 0 Å². The molecule has 1 fully saturated rings. The third-order valence-electron chi connectivity index (χ3n) is 6.06. The van der Waals surface area contributed by atoms with E-state index in [1.165, 1.54) is 6.20 Å². The van der Waals surface area contributed by atoms with Gasteiger partial charge in [0.05, 0.1) is 17.6 Å². The molecule has 1 aliphatic rings. The molecule has 1 aromatic heterocycles. The maximum absolute atomic E-state index is 13.9. The average Bonchev–Trinajstić information content (AvgIpc) is 3.16. The van der Waals surface area contributed by atoms with Crippen molar-refractivity contribution in [2.24, 2.45) is 5.92 Å². The Bertz CT molecular complexity index is 1320. The second-order valence-corrected chi connectivity index (χ2v) is 9.36. The number of nitrogens with one attached hydrogen (secondary N) is 1. The first-order valence-corrected chi connectivity index (χ1v) is 11.5. The molecule has 0 radical (unpaired) electrons. The van der Waals surface area contributed by atoms with Gasteiger partial charge >= 0.3 is 6.17 Å². The molecule has 0 aliphatic carbocycles. The van der Waals surface area contributed by atoms with Gasteiger partial charge in [0, 0.05) is 16.6 Å². The van der Waals surface area contributed by atoms with Crippen molar-refractivity contribution < 1.29 is 18.4 Å². The number of halogens is 3. The topological polar surface area (TPSA) is 66.7 Å². The molecule has 0 bridgehead atoms. The number of amides is 2. The SMILES string of the molecule is [C-]#[N+][C@@H]1CC(F)(F)CN1C(=O)[C@H](NC(=O)c1ccnc2ccc(-c3ccc(Cl)cc3)cc12)C(C)C. The van der Waals surface area contributed by atoms with E-state index in [1.54, 1.807) is 38.1 Å². The van der Waals surface area contributed by atoms with Crippen LogP contribution in [0.5, 0.6) is 0 Å². The summed E-state index contributed by atoms with van der Waals surface area (Å²) in [5.41, 5.74) is 2.65. The van der Waals surface area contributed by atoms with Crippen LogP contribution in [0.4, 0.5) is 8.78 Å². The number of carbonyl (C=O) groups excluding carboxylic acids is 2. The first kappa shape index (κ1) is 24.6. The summed E-state index contributed by atoms with van der Waals surface area (Å²) in [6.07, 6.45) is -0.454. The van der Waals surface area contributed by atoms with E-state index in [4.69, 9.17) is 18.2 Å². The lowest BCUT2D eigenvalue weighted by Gasteiger charge is -2.26. The van der Waals surface area contributed by atoms with Gasteiger partial charge in [-0.15, -0.1) is 0 Å². The largest absolute Gasteiger partial charge is 0.340 e. The molecule has 35 heavy (non-hydrogen) atoms. The van der Waals surface area contributed by atoms with Crippen LogP contribution in [-0.2, 0) is 4.79 Å². The third kappa shape index (κ3) is 5.10. The lowest BCUT2D eigenvalue weighted by atomic mass is 9.99. The number of likely N-dealkylation sites (tertiary alicyclic amines) is 1. The van der Waals surface area contributed by atoms with E-state index >= 15 is 0 Å². The molecule has 6 nitrogen and oxygen atoms in total. The highest BCUT2D eigenvalue weighted by molar-refractivity contribution is 6.30. The van der Waals surface area contributed by atoms with Crippen molar-refractivity contribution in [3.8, 4) is 11.1 Å². The zero-order valence-electron chi connectivity index (χ0n) is 19.1. The highest BCUT2D eigenvalue weighted by atomic mass is 35.5. The predicted octanol–water partition coefficient (Wildman–Crippen LogP) is 5.42. The van der Waals surface area contributed by atoms with Gasteiger partial charge in [-0.2, -0.15) is 0 Å². The summed E-state index contributed by atoms with van der Waals surface area (Å²) in [5.74, 6) is -4.73. The quantitative estimate of drug-likeness (QED) is 0.479. The summed E-state index contributed by atoms with van der Waals surface area (Å²) in [6.45, 7) is 9.81. The molecule has 4 rings (SSSR count). The summed E-state index contributed by atoms with van der Waals surface area (Å²) in [5, 5.41) is 3.91. The number of alkyl halides is 2. The van der Waals surface area contributed by atoms with Crippen LogP contribution >= 0.6 is 11.6 Å². The van der Waals surface area contributed by atoms with Crippen molar-refractivity contribution in [1.29, 1.82) is 0 Å². The lowest BCUT2D eigenvalue weighted by molar-refractivity contribution is -0.135. The molecule has 2 atom stereocenters. The maximum Gasteiger partial charge on any atom is 0.306 e. The van der Waals surface area contributed by atoms with Crippen molar-refractivity contribution in [3.05, 3.63) is 76.7 Å². The molecule has 2 amide bonds. The summed E-state index contributed by atoms with van der Waals surface area (Å²) in [6, 6.07) is 13.3. The minimum atomic E-state index is -3.13. The third-order valence-corrected chi connectivity index (χ3v) is 6.31. The van der Waals surface area contributed by atoms with Crippen molar-refractivity contribution in [3.63, 3.8) is 0 Å². The number of nitrogens with zero attached hydrogens (tertiary/aromatic N) is 3. The molecule has 1 saturated heterocycles. The van der Waals surface area contributed by atoms with E-state index in [2.05, 4.69) is 15.1 Å². The van der Waals surface area contributed by atoms with Crippen LogP contribution in [-0.4, -0.2) is 46.4 Å². The Morgan fingerprint density at radius 1 is 1.17 bits per heavy atom. The number of hydrogen-bond donors (Lipinski definition) is 1. The first-order chi connectivity index (χ1) is 16.6. The van der Waals surface area contributed by atoms with Gasteiger partial charge < -0.3 is 5.32 Å². The van der Waals surface area contributed by atoms with Crippen LogP contribution in [0, 0.1) is 12.5 Å². The number of benzene rings is 2. The Balaban J connectivity index is 1.64. The molecule has 3 aromatic rings. The van der Waals surface area contributed by atoms with Crippen LogP contribution in [0.3, 0.4) is 0 Å². The van der Waals surface area contributed by atoms with E-state index in [0.717, 1.165) is 16.0 Å². The Morgan fingerprint density at radius 2 is 1.86 bits per heavy atom. The van der Waals surface area contributed by atoms with Crippen molar-refractivity contribution in [2.45, 2.75) is 38.4 Å². The zero-order chi connectivity index (χ0) is 25.3. The molecular weight excluding hydrogens is 474 g/mol. The van der Waals surface area contributed by atoms with Gasteiger partial charge in [-0.3, -0.25) is 24.3 Å². The molecule has 1 N–H and O–H groups in total. The normalized spacial score (nSPS) is 17.9. The smallest absolute Gasteiger partial charge is 0.306 e. The second-order valence-electron chi connectivity index (χ2n) is 8.93. The molecule has 9 heteroatoms. The number of aromatic nitrogens is 1. The molecule has 2 heterocycles. The van der Waals surface area contributed by atoms with E-state index in [0.29, 0.717) is 21.5 Å². The van der Waals surface area contributed by atoms with Crippen LogP contribution in [0.2, 0.25) is 5.02 Å². The molecule has 180 valence electrons. The molecular formula is C26H23ClF2N4O2. The zero-order valence-corrected chi connectivity index (χ0v) is 19.9. The number of fused-ring (bicyclic) bond motifs is 1. The van der Waals surface area contributed by atoms with Gasteiger partial charge in [0.2, 0.25) is 0 Å². The lowest BCUT2D eigenvalue weighted by Crippen LogP contribution is -2.52. The Kier molecular flexibility index (Phi) is 6.73. The maximum atomic E-state index is 13.9. The molecule has 0 saturated carbocycles. The monoisotopic (exact) mass is 496 g/mol. The standard InChI is InChI=1S/C26H23ClF2N4O2/c1-15(2)23(25(35)33-14-26(28,29)13-22(33)30-3)32-24(34)19-10-11-31-21-9-6-17(12-20(19)21)16-4-7-18(27)8-5-16/h4-12,15,22-23H,13-14H2,1-2H3,(H,32,34)/t22-,23+/m0/s1. The van der Waals surface area contributed by atoms with Crippen molar-refractivity contribution in [1.82, 2.24) is 15.2 Å². The number of hydrogen-bond acceptors (Lipinski definition) is 3. The average molecular weight is 497 g/mol. The van der Waals surface area contributed by atoms with Crippen LogP contribution in [0.1, 0.15) is 30.6 Å². The molecule has 2 aromatic carbocycles. The van der Waals surface area contributed by atoms with Crippen LogP contribution < -0.4 is 5.32 Å². The number of pyridine rings is 1. The minimum Gasteiger partial charge on any atom is -0.340 e. The van der Waals surface area contributed by atoms with Gasteiger partial charge in [-0.05, 0) is 47.4 Å². The highest BCUT2D eigenvalue weighted by Gasteiger charge is 2.52. The van der Waals surface area contributed by atoms with E-state index in [-0.39, 0.29) is 5.92 Å². The van der Waals surface area contributed by atoms with Gasteiger partial charge in [-0.1, -0.05) is 43.6 Å². The molecule has 1 aliphatic heterocycles. The van der Waals surface area contributed by atoms with Crippen molar-refractivity contribution in [2.75, 3.05) is 6.54 Å². The Hall–Kier alpha value is -3.57. The molecule has 0 spiro atoms. The summed E-state index contributed by atoms with van der Waals surface area (Å²) in [4.78, 5) is 34.9. The van der Waals surface area contributed by atoms with Crippen molar-refractivity contribution >= 4 is 34.3 Å². The second kappa shape index (κ2) is 9.59. The number of carbonyl (C=O) groups is 2. The molecule has 0 unspecified atom stereocenters. The van der Waals surface area contributed by atoms with Gasteiger partial charge in [0.25, 0.3) is 17.7 Å². The van der Waals surface area contributed by atoms with Crippen LogP contribution in [0.15, 0.2) is 54.7 Å². The summed E-state index contributed by atoms with van der Waals surface area (Å²) < 4.78 is 27.8.